The third-order valence-corrected chi connectivity index (χ3v) is 4.23. The Hall–Kier alpha value is -3.19. The zero-order valence-electron chi connectivity index (χ0n) is 14.6. The van der Waals surface area contributed by atoms with Gasteiger partial charge in [-0.25, -0.2) is 0 Å². The van der Waals surface area contributed by atoms with E-state index < -0.39 is 10.8 Å². The van der Waals surface area contributed by atoms with Gasteiger partial charge in [-0.3, -0.25) is 14.9 Å². The highest BCUT2D eigenvalue weighted by Crippen LogP contribution is 2.25. The van der Waals surface area contributed by atoms with Gasteiger partial charge in [0.05, 0.1) is 11.5 Å². The lowest BCUT2D eigenvalue weighted by atomic mass is 10.1. The lowest BCUT2D eigenvalue weighted by Gasteiger charge is -2.08. The topological polar surface area (TPSA) is 86.4 Å². The van der Waals surface area contributed by atoms with Crippen molar-refractivity contribution in [1.82, 2.24) is 4.57 Å². The number of methoxy groups -OCH3 is 1. The van der Waals surface area contributed by atoms with Crippen molar-refractivity contribution in [3.63, 3.8) is 0 Å². The van der Waals surface area contributed by atoms with Crippen molar-refractivity contribution >= 4 is 28.2 Å². The molecule has 0 atom stereocenters. The van der Waals surface area contributed by atoms with Crippen molar-refractivity contribution in [2.24, 2.45) is 0 Å². The molecule has 1 heterocycles. The quantitative estimate of drug-likeness (QED) is 0.540. The summed E-state index contributed by atoms with van der Waals surface area (Å²) in [5.41, 5.74) is 1.95. The molecule has 0 radical (unpaired) electrons. The molecule has 2 aromatic carbocycles. The van der Waals surface area contributed by atoms with E-state index in [0.717, 1.165) is 17.4 Å². The molecule has 3 rings (SSSR count). The maximum Gasteiger partial charge on any atom is 0.285 e. The van der Waals surface area contributed by atoms with Crippen LogP contribution in [0.2, 0.25) is 0 Å². The number of anilines is 1. The second-order valence-electron chi connectivity index (χ2n) is 5.96. The summed E-state index contributed by atoms with van der Waals surface area (Å²) >= 11 is 0. The van der Waals surface area contributed by atoms with Crippen LogP contribution in [0.4, 0.5) is 11.4 Å². The standard InChI is InChI=1S/C19H19N3O4/c1-13-4-3-5-16(18(13)22(24)25)19(23)20-15-6-7-17-14(12-15)8-9-21(17)10-11-26-2/h3-9,12H,10-11H2,1-2H3,(H,20,23). The van der Waals surface area contributed by atoms with Crippen LogP contribution in [0, 0.1) is 17.0 Å². The lowest BCUT2D eigenvalue weighted by Crippen LogP contribution is -2.14. The van der Waals surface area contributed by atoms with Gasteiger partial charge in [0.1, 0.15) is 5.56 Å². The van der Waals surface area contributed by atoms with E-state index in [0.29, 0.717) is 17.9 Å². The van der Waals surface area contributed by atoms with Crippen molar-refractivity contribution < 1.29 is 14.5 Å². The van der Waals surface area contributed by atoms with Gasteiger partial charge in [0.15, 0.2) is 0 Å². The Bertz CT molecular complexity index is 978. The van der Waals surface area contributed by atoms with E-state index in [1.807, 2.05) is 24.4 Å². The molecule has 0 fully saturated rings. The number of carbonyl (C=O) groups excluding carboxylic acids is 1. The van der Waals surface area contributed by atoms with Gasteiger partial charge in [-0.05, 0) is 37.3 Å². The zero-order chi connectivity index (χ0) is 18.7. The molecule has 0 unspecified atom stereocenters. The molecule has 7 nitrogen and oxygen atoms in total. The van der Waals surface area contributed by atoms with Crippen molar-refractivity contribution in [3.05, 3.63) is 69.9 Å². The van der Waals surface area contributed by atoms with Crippen LogP contribution < -0.4 is 5.32 Å². The van der Waals surface area contributed by atoms with E-state index in [1.165, 1.54) is 6.07 Å². The number of aromatic nitrogens is 1. The molecule has 0 saturated carbocycles. The number of nitrogens with zero attached hydrogens (tertiary/aromatic N) is 2. The molecule has 0 aliphatic carbocycles. The minimum Gasteiger partial charge on any atom is -0.383 e. The average molecular weight is 353 g/mol. The molecule has 26 heavy (non-hydrogen) atoms. The van der Waals surface area contributed by atoms with Crippen molar-refractivity contribution in [2.75, 3.05) is 19.0 Å². The molecule has 0 spiro atoms. The van der Waals surface area contributed by atoms with Crippen LogP contribution in [0.15, 0.2) is 48.7 Å². The fourth-order valence-electron chi connectivity index (χ4n) is 2.95. The fourth-order valence-corrected chi connectivity index (χ4v) is 2.95. The number of aryl methyl sites for hydroxylation is 1. The van der Waals surface area contributed by atoms with Gasteiger partial charge in [0, 0.05) is 42.0 Å². The van der Waals surface area contributed by atoms with Gasteiger partial charge < -0.3 is 14.6 Å². The summed E-state index contributed by atoms with van der Waals surface area (Å²) in [6.45, 7) is 2.96. The molecular weight excluding hydrogens is 334 g/mol. The van der Waals surface area contributed by atoms with Gasteiger partial charge in [-0.1, -0.05) is 12.1 Å². The van der Waals surface area contributed by atoms with Crippen LogP contribution >= 0.6 is 0 Å². The Morgan fingerprint density at radius 2 is 2.08 bits per heavy atom. The summed E-state index contributed by atoms with van der Waals surface area (Å²) in [5.74, 6) is -0.501. The van der Waals surface area contributed by atoms with Gasteiger partial charge in [-0.15, -0.1) is 0 Å². The summed E-state index contributed by atoms with van der Waals surface area (Å²) in [7, 11) is 1.66. The van der Waals surface area contributed by atoms with E-state index >= 15 is 0 Å². The maximum atomic E-state index is 12.5. The molecule has 3 aromatic rings. The van der Waals surface area contributed by atoms with Crippen LogP contribution in [0.5, 0.6) is 0 Å². The first kappa shape index (κ1) is 17.6. The number of ether oxygens (including phenoxy) is 1. The maximum absolute atomic E-state index is 12.5. The molecule has 1 amide bonds. The smallest absolute Gasteiger partial charge is 0.285 e. The molecule has 0 bridgehead atoms. The van der Waals surface area contributed by atoms with Gasteiger partial charge in [0.25, 0.3) is 11.6 Å². The molecule has 1 N–H and O–H groups in total. The second-order valence-corrected chi connectivity index (χ2v) is 5.96. The monoisotopic (exact) mass is 353 g/mol. The van der Waals surface area contributed by atoms with Crippen molar-refractivity contribution in [3.8, 4) is 0 Å². The average Bonchev–Trinajstić information content (AvgIpc) is 3.01. The number of fused-ring (bicyclic) bond motifs is 1. The fraction of sp³-hybridized carbons (Fsp3) is 0.211. The van der Waals surface area contributed by atoms with Gasteiger partial charge in [0.2, 0.25) is 0 Å². The first-order chi connectivity index (χ1) is 12.5. The summed E-state index contributed by atoms with van der Waals surface area (Å²) in [6, 6.07) is 12.2. The number of hydrogen-bond donors (Lipinski definition) is 1. The van der Waals surface area contributed by atoms with Gasteiger partial charge in [-0.2, -0.15) is 0 Å². The minimum absolute atomic E-state index is 0.0489. The third kappa shape index (κ3) is 3.43. The van der Waals surface area contributed by atoms with Crippen molar-refractivity contribution in [1.29, 1.82) is 0 Å². The molecule has 0 saturated heterocycles. The van der Waals surface area contributed by atoms with Crippen LogP contribution in [0.3, 0.4) is 0 Å². The molecule has 7 heteroatoms. The number of rotatable bonds is 6. The highest BCUT2D eigenvalue weighted by molar-refractivity contribution is 6.08. The van der Waals surface area contributed by atoms with Crippen molar-refractivity contribution in [2.45, 2.75) is 13.5 Å². The number of nitrogens with one attached hydrogen (secondary N) is 1. The van der Waals surface area contributed by atoms with Gasteiger partial charge >= 0.3 is 0 Å². The summed E-state index contributed by atoms with van der Waals surface area (Å²) in [5, 5.41) is 15.0. The molecule has 0 aliphatic heterocycles. The Morgan fingerprint density at radius 1 is 1.27 bits per heavy atom. The SMILES string of the molecule is COCCn1ccc2cc(NC(=O)c3cccc(C)c3[N+](=O)[O-])ccc21. The predicted molar refractivity (Wildman–Crippen MR) is 99.6 cm³/mol. The Balaban J connectivity index is 1.86. The third-order valence-electron chi connectivity index (χ3n) is 4.23. The van der Waals surface area contributed by atoms with Crippen LogP contribution in [-0.4, -0.2) is 29.1 Å². The number of para-hydroxylation sites is 1. The van der Waals surface area contributed by atoms with E-state index in [1.54, 1.807) is 32.2 Å². The highest BCUT2D eigenvalue weighted by Gasteiger charge is 2.22. The highest BCUT2D eigenvalue weighted by atomic mass is 16.6. The Labute approximate surface area is 150 Å². The Morgan fingerprint density at radius 3 is 2.81 bits per heavy atom. The van der Waals surface area contributed by atoms with E-state index in [-0.39, 0.29) is 11.3 Å². The molecule has 0 aliphatic rings. The number of hydrogen-bond acceptors (Lipinski definition) is 4. The number of benzene rings is 2. The number of amides is 1. The number of nitro groups is 1. The Kier molecular flexibility index (Phi) is 4.99. The minimum atomic E-state index is -0.524. The van der Waals surface area contributed by atoms with E-state index in [9.17, 15) is 14.9 Å². The first-order valence-corrected chi connectivity index (χ1v) is 8.14. The predicted octanol–water partition coefficient (Wildman–Crippen LogP) is 3.76. The lowest BCUT2D eigenvalue weighted by molar-refractivity contribution is -0.385. The largest absolute Gasteiger partial charge is 0.383 e. The molecular formula is C19H19N3O4. The van der Waals surface area contributed by atoms with E-state index in [2.05, 4.69) is 9.88 Å². The number of carbonyl (C=O) groups is 1. The summed E-state index contributed by atoms with van der Waals surface area (Å²) < 4.78 is 7.16. The molecule has 1 aromatic heterocycles. The zero-order valence-corrected chi connectivity index (χ0v) is 14.6. The second kappa shape index (κ2) is 7.37. The summed E-state index contributed by atoms with van der Waals surface area (Å²) in [6.07, 6.45) is 1.96. The summed E-state index contributed by atoms with van der Waals surface area (Å²) in [4.78, 5) is 23.3. The van der Waals surface area contributed by atoms with Crippen LogP contribution in [-0.2, 0) is 11.3 Å². The molecule has 134 valence electrons. The van der Waals surface area contributed by atoms with Crippen LogP contribution in [0.25, 0.3) is 10.9 Å². The normalized spacial score (nSPS) is 10.8. The van der Waals surface area contributed by atoms with Crippen LogP contribution in [0.1, 0.15) is 15.9 Å². The first-order valence-electron chi connectivity index (χ1n) is 8.14. The van der Waals surface area contributed by atoms with E-state index in [4.69, 9.17) is 4.74 Å². The number of nitro benzene ring substituents is 1.